The lowest BCUT2D eigenvalue weighted by Gasteiger charge is -2.10. The number of hydrogen-bond acceptors (Lipinski definition) is 4. The van der Waals surface area contributed by atoms with Gasteiger partial charge in [-0.15, -0.1) is 0 Å². The molecule has 0 bridgehead atoms. The van der Waals surface area contributed by atoms with Gasteiger partial charge in [0.1, 0.15) is 18.8 Å². The highest BCUT2D eigenvalue weighted by Crippen LogP contribution is 2.03. The summed E-state index contributed by atoms with van der Waals surface area (Å²) in [5.74, 6) is 0.492. The average molecular weight is 212 g/mol. The lowest BCUT2D eigenvalue weighted by atomic mass is 10.3. The van der Waals surface area contributed by atoms with Crippen LogP contribution in [0.15, 0.2) is 6.33 Å². The number of ether oxygens (including phenoxy) is 1. The van der Waals surface area contributed by atoms with Gasteiger partial charge in [0.25, 0.3) is 0 Å². The van der Waals surface area contributed by atoms with Crippen molar-refractivity contribution in [3.8, 4) is 0 Å². The van der Waals surface area contributed by atoms with E-state index in [4.69, 9.17) is 4.74 Å². The molecule has 2 N–H and O–H groups in total. The highest BCUT2D eigenvalue weighted by Gasteiger charge is 2.11. The fraction of sp³-hybridized carbons (Fsp3) is 0.667. The first-order valence-electron chi connectivity index (χ1n) is 4.96. The van der Waals surface area contributed by atoms with Crippen LogP contribution in [0.2, 0.25) is 0 Å². The number of carbonyl (C=O) groups is 1. The van der Waals surface area contributed by atoms with E-state index in [2.05, 4.69) is 20.5 Å². The van der Waals surface area contributed by atoms with Crippen LogP contribution in [0.3, 0.4) is 0 Å². The fourth-order valence-corrected chi connectivity index (χ4v) is 1.08. The molecule has 0 saturated carbocycles. The van der Waals surface area contributed by atoms with Crippen molar-refractivity contribution < 1.29 is 9.53 Å². The number of nitrogens with one attached hydrogen (secondary N) is 2. The van der Waals surface area contributed by atoms with Gasteiger partial charge in [-0.1, -0.05) is 6.92 Å². The van der Waals surface area contributed by atoms with Crippen molar-refractivity contribution in [3.63, 3.8) is 0 Å². The molecule has 84 valence electrons. The summed E-state index contributed by atoms with van der Waals surface area (Å²) in [6.07, 6.45) is 2.32. The van der Waals surface area contributed by atoms with Gasteiger partial charge in [0.2, 0.25) is 5.91 Å². The number of H-pyrrole nitrogens is 1. The molecule has 0 aromatic carbocycles. The quantitative estimate of drug-likeness (QED) is 0.669. The maximum atomic E-state index is 11.3. The van der Waals surface area contributed by atoms with Gasteiger partial charge in [0.15, 0.2) is 0 Å². The van der Waals surface area contributed by atoms with Crippen LogP contribution >= 0.6 is 0 Å². The maximum absolute atomic E-state index is 11.3. The van der Waals surface area contributed by atoms with Crippen LogP contribution in [0.5, 0.6) is 0 Å². The van der Waals surface area contributed by atoms with Gasteiger partial charge < -0.3 is 10.1 Å². The molecule has 1 atom stereocenters. The Labute approximate surface area is 88.4 Å². The second-order valence-electron chi connectivity index (χ2n) is 3.21. The fourth-order valence-electron chi connectivity index (χ4n) is 1.08. The monoisotopic (exact) mass is 212 g/mol. The van der Waals surface area contributed by atoms with Gasteiger partial charge >= 0.3 is 0 Å². The third kappa shape index (κ3) is 4.07. The van der Waals surface area contributed by atoms with E-state index in [1.165, 1.54) is 6.33 Å². The molecule has 1 amide bonds. The van der Waals surface area contributed by atoms with E-state index in [-0.39, 0.29) is 18.6 Å². The molecular weight excluding hydrogens is 196 g/mol. The third-order valence-electron chi connectivity index (χ3n) is 1.80. The van der Waals surface area contributed by atoms with Crippen LogP contribution in [-0.2, 0) is 9.53 Å². The lowest BCUT2D eigenvalue weighted by molar-refractivity contribution is -0.126. The van der Waals surface area contributed by atoms with E-state index in [0.717, 1.165) is 6.42 Å². The summed E-state index contributed by atoms with van der Waals surface area (Å²) in [6, 6.07) is -0.176. The molecule has 6 heteroatoms. The third-order valence-corrected chi connectivity index (χ3v) is 1.80. The van der Waals surface area contributed by atoms with Crippen molar-refractivity contribution >= 4 is 5.91 Å². The molecule has 15 heavy (non-hydrogen) atoms. The second kappa shape index (κ2) is 6.13. The number of aromatic nitrogens is 3. The first kappa shape index (κ1) is 11.6. The summed E-state index contributed by atoms with van der Waals surface area (Å²) >= 11 is 0. The number of rotatable bonds is 6. The molecule has 1 rings (SSSR count). The van der Waals surface area contributed by atoms with Gasteiger partial charge in [-0.05, 0) is 13.3 Å². The largest absolute Gasteiger partial charge is 0.372 e. The zero-order valence-electron chi connectivity index (χ0n) is 8.99. The van der Waals surface area contributed by atoms with Crippen molar-refractivity contribution in [2.45, 2.75) is 26.3 Å². The van der Waals surface area contributed by atoms with E-state index >= 15 is 0 Å². The molecule has 1 aromatic rings. The first-order valence-corrected chi connectivity index (χ1v) is 4.96. The number of hydrogen-bond donors (Lipinski definition) is 2. The van der Waals surface area contributed by atoms with Crippen molar-refractivity contribution in [3.05, 3.63) is 12.2 Å². The predicted octanol–water partition coefficient (Wildman–Crippen LogP) is 0.408. The van der Waals surface area contributed by atoms with Gasteiger partial charge in [-0.3, -0.25) is 9.89 Å². The number of nitrogens with zero attached hydrogens (tertiary/aromatic N) is 2. The average Bonchev–Trinajstić information content (AvgIpc) is 2.70. The Hall–Kier alpha value is -1.43. The van der Waals surface area contributed by atoms with Gasteiger partial charge in [0, 0.05) is 6.61 Å². The van der Waals surface area contributed by atoms with Gasteiger partial charge in [-0.25, -0.2) is 4.98 Å². The van der Waals surface area contributed by atoms with Gasteiger partial charge in [0.05, 0.1) is 6.04 Å². The summed E-state index contributed by atoms with van der Waals surface area (Å²) < 4.78 is 5.10. The van der Waals surface area contributed by atoms with Crippen molar-refractivity contribution in [1.29, 1.82) is 0 Å². The predicted molar refractivity (Wildman–Crippen MR) is 54.1 cm³/mol. The summed E-state index contributed by atoms with van der Waals surface area (Å²) in [6.45, 7) is 4.52. The Balaban J connectivity index is 2.26. The van der Waals surface area contributed by atoms with Crippen LogP contribution in [0.4, 0.5) is 0 Å². The molecule has 0 spiro atoms. The van der Waals surface area contributed by atoms with E-state index in [9.17, 15) is 4.79 Å². The molecule has 0 saturated heterocycles. The van der Waals surface area contributed by atoms with Crippen LogP contribution in [0.1, 0.15) is 32.1 Å². The number of carbonyl (C=O) groups excluding carboxylic acids is 1. The Bertz CT molecular complexity index is 286. The molecule has 0 aliphatic carbocycles. The summed E-state index contributed by atoms with van der Waals surface area (Å²) in [7, 11) is 0. The Morgan fingerprint density at radius 3 is 3.13 bits per heavy atom. The standard InChI is InChI=1S/C9H16N4O2/c1-3-4-15-5-8(14)12-7(2)9-10-6-11-13-9/h6-7H,3-5H2,1-2H3,(H,12,14)(H,10,11,13). The zero-order chi connectivity index (χ0) is 11.1. The first-order chi connectivity index (χ1) is 7.24. The molecule has 0 radical (unpaired) electrons. The highest BCUT2D eigenvalue weighted by atomic mass is 16.5. The maximum Gasteiger partial charge on any atom is 0.246 e. The van der Waals surface area contributed by atoms with Crippen molar-refractivity contribution in [2.24, 2.45) is 0 Å². The minimum absolute atomic E-state index is 0.0896. The van der Waals surface area contributed by atoms with Crippen molar-refractivity contribution in [2.75, 3.05) is 13.2 Å². The highest BCUT2D eigenvalue weighted by molar-refractivity contribution is 5.77. The van der Waals surface area contributed by atoms with Crippen LogP contribution in [0.25, 0.3) is 0 Å². The summed E-state index contributed by atoms with van der Waals surface area (Å²) in [5.41, 5.74) is 0. The summed E-state index contributed by atoms with van der Waals surface area (Å²) in [4.78, 5) is 15.3. The van der Waals surface area contributed by atoms with Crippen LogP contribution < -0.4 is 5.32 Å². The second-order valence-corrected chi connectivity index (χ2v) is 3.21. The molecule has 1 heterocycles. The van der Waals surface area contributed by atoms with E-state index in [1.54, 1.807) is 0 Å². The van der Waals surface area contributed by atoms with Crippen LogP contribution in [-0.4, -0.2) is 34.3 Å². The molecule has 1 aromatic heterocycles. The van der Waals surface area contributed by atoms with Crippen molar-refractivity contribution in [1.82, 2.24) is 20.5 Å². The SMILES string of the molecule is CCCOCC(=O)NC(C)c1ncn[nH]1. The summed E-state index contributed by atoms with van der Waals surface area (Å²) in [5, 5.41) is 9.14. The Morgan fingerprint density at radius 1 is 1.73 bits per heavy atom. The molecule has 0 aliphatic rings. The molecular formula is C9H16N4O2. The minimum Gasteiger partial charge on any atom is -0.372 e. The van der Waals surface area contributed by atoms with Crippen LogP contribution in [0, 0.1) is 0 Å². The molecule has 0 aliphatic heterocycles. The number of aromatic amines is 1. The van der Waals surface area contributed by atoms with E-state index < -0.39 is 0 Å². The Morgan fingerprint density at radius 2 is 2.53 bits per heavy atom. The topological polar surface area (TPSA) is 79.9 Å². The zero-order valence-corrected chi connectivity index (χ0v) is 8.99. The smallest absolute Gasteiger partial charge is 0.246 e. The van der Waals surface area contributed by atoms with E-state index in [1.807, 2.05) is 13.8 Å². The Kier molecular flexibility index (Phi) is 4.76. The normalized spacial score (nSPS) is 12.4. The lowest BCUT2D eigenvalue weighted by Crippen LogP contribution is -2.30. The van der Waals surface area contributed by atoms with E-state index in [0.29, 0.717) is 12.4 Å². The molecule has 1 unspecified atom stereocenters. The minimum atomic E-state index is -0.176. The molecule has 0 fully saturated rings. The van der Waals surface area contributed by atoms with Gasteiger partial charge in [-0.2, -0.15) is 5.10 Å². The number of amides is 1. The molecule has 6 nitrogen and oxygen atoms in total.